The van der Waals surface area contributed by atoms with Gasteiger partial charge >= 0.3 is 0 Å². The molecule has 0 aliphatic heterocycles. The Morgan fingerprint density at radius 1 is 1.11 bits per heavy atom. The van der Waals surface area contributed by atoms with E-state index >= 15 is 0 Å². The van der Waals surface area contributed by atoms with Crippen LogP contribution < -0.4 is 15.4 Å². The fraction of sp³-hybridized carbons (Fsp3) is 0.280. The average Bonchev–Trinajstić information content (AvgIpc) is 3.30. The number of aromatic amines is 1. The van der Waals surface area contributed by atoms with Crippen LogP contribution in [-0.2, 0) is 0 Å². The minimum atomic E-state index is -0.740. The first-order chi connectivity index (χ1) is 17.4. The molecule has 0 spiro atoms. The van der Waals surface area contributed by atoms with Gasteiger partial charge in [-0.05, 0) is 37.8 Å². The molecule has 3 aromatic heterocycles. The van der Waals surface area contributed by atoms with Crippen molar-refractivity contribution in [2.75, 3.05) is 12.4 Å². The third-order valence-corrected chi connectivity index (χ3v) is 6.24. The minimum absolute atomic E-state index is 0.0161. The quantitative estimate of drug-likeness (QED) is 0.361. The third-order valence-electron chi connectivity index (χ3n) is 6.24. The van der Waals surface area contributed by atoms with Gasteiger partial charge in [0.1, 0.15) is 23.1 Å². The number of rotatable bonds is 6. The Kier molecular flexibility index (Phi) is 6.45. The van der Waals surface area contributed by atoms with Crippen LogP contribution in [0.15, 0.2) is 42.9 Å². The van der Waals surface area contributed by atoms with Crippen LogP contribution in [0.1, 0.15) is 36.2 Å². The van der Waals surface area contributed by atoms with Gasteiger partial charge in [-0.3, -0.25) is 9.78 Å². The summed E-state index contributed by atoms with van der Waals surface area (Å²) in [5, 5.41) is 6.36. The number of fused-ring (bicyclic) bond motifs is 1. The Morgan fingerprint density at radius 3 is 2.78 bits per heavy atom. The van der Waals surface area contributed by atoms with E-state index in [2.05, 4.69) is 30.6 Å². The van der Waals surface area contributed by atoms with Crippen molar-refractivity contribution in [2.24, 2.45) is 0 Å². The second-order valence-corrected chi connectivity index (χ2v) is 8.66. The highest BCUT2D eigenvalue weighted by molar-refractivity contribution is 5.94. The molecule has 186 valence electrons. The lowest BCUT2D eigenvalue weighted by atomic mass is 9.91. The van der Waals surface area contributed by atoms with Gasteiger partial charge < -0.3 is 20.4 Å². The number of amides is 1. The molecule has 8 nitrogen and oxygen atoms in total. The van der Waals surface area contributed by atoms with Gasteiger partial charge in [0.15, 0.2) is 17.5 Å². The molecule has 11 heteroatoms. The number of carbonyl (C=O) groups excluding carboxylic acids is 1. The van der Waals surface area contributed by atoms with Crippen molar-refractivity contribution < 1.29 is 22.7 Å². The van der Waals surface area contributed by atoms with Gasteiger partial charge in [-0.15, -0.1) is 0 Å². The Balaban J connectivity index is 1.31. The number of hydrogen-bond acceptors (Lipinski definition) is 6. The molecule has 3 N–H and O–H groups in total. The number of hydrogen-bond donors (Lipinski definition) is 3. The van der Waals surface area contributed by atoms with Crippen molar-refractivity contribution in [3.8, 4) is 17.1 Å². The molecule has 4 aromatic rings. The molecule has 1 amide bonds. The number of carbonyl (C=O) groups is 1. The van der Waals surface area contributed by atoms with Gasteiger partial charge in [-0.25, -0.2) is 23.1 Å². The average molecular weight is 496 g/mol. The summed E-state index contributed by atoms with van der Waals surface area (Å²) < 4.78 is 47.6. The molecule has 36 heavy (non-hydrogen) atoms. The topological polar surface area (TPSA) is 105 Å². The lowest BCUT2D eigenvalue weighted by Gasteiger charge is -2.30. The van der Waals surface area contributed by atoms with E-state index in [1.54, 1.807) is 12.1 Å². The van der Waals surface area contributed by atoms with Crippen LogP contribution in [0.25, 0.3) is 22.3 Å². The van der Waals surface area contributed by atoms with Crippen molar-refractivity contribution in [1.82, 2.24) is 25.3 Å². The van der Waals surface area contributed by atoms with Gasteiger partial charge in [0.25, 0.3) is 5.91 Å². The number of methoxy groups -OCH3 is 1. The van der Waals surface area contributed by atoms with Gasteiger partial charge in [0.2, 0.25) is 0 Å². The molecule has 1 aromatic carbocycles. The summed E-state index contributed by atoms with van der Waals surface area (Å²) in [6.45, 7) is 0. The van der Waals surface area contributed by atoms with Crippen molar-refractivity contribution in [2.45, 2.75) is 37.8 Å². The van der Waals surface area contributed by atoms with E-state index in [0.29, 0.717) is 17.7 Å². The second-order valence-electron chi connectivity index (χ2n) is 8.66. The lowest BCUT2D eigenvalue weighted by molar-refractivity contribution is 0.0921. The zero-order valence-corrected chi connectivity index (χ0v) is 19.3. The number of H-pyrrole nitrogens is 1. The summed E-state index contributed by atoms with van der Waals surface area (Å²) in [7, 11) is 1.52. The number of benzene rings is 1. The molecule has 1 fully saturated rings. The number of aromatic nitrogens is 4. The monoisotopic (exact) mass is 496 g/mol. The SMILES string of the molecule is COc1ccnc(C(=O)N[C@@H]2CCC[C@H](Nc3nc(-c4c[nH]c5c(F)cc(F)cc45)ncc3F)C2)c1. The molecule has 3 heterocycles. The van der Waals surface area contributed by atoms with E-state index in [1.165, 1.54) is 25.6 Å². The van der Waals surface area contributed by atoms with E-state index in [1.807, 2.05) is 0 Å². The van der Waals surface area contributed by atoms with Crippen LogP contribution in [0.4, 0.5) is 19.0 Å². The highest BCUT2D eigenvalue weighted by Gasteiger charge is 2.26. The molecule has 0 saturated heterocycles. The predicted octanol–water partition coefficient (Wildman–Crippen LogP) is 4.60. The highest BCUT2D eigenvalue weighted by Crippen LogP contribution is 2.30. The number of nitrogens with one attached hydrogen (secondary N) is 3. The molecule has 5 rings (SSSR count). The molecular weight excluding hydrogens is 473 g/mol. The number of halogens is 3. The van der Waals surface area contributed by atoms with Gasteiger partial charge in [-0.2, -0.15) is 0 Å². The summed E-state index contributed by atoms with van der Waals surface area (Å²) in [5.41, 5.74) is 0.721. The van der Waals surface area contributed by atoms with Crippen LogP contribution in [0.3, 0.4) is 0 Å². The third kappa shape index (κ3) is 4.81. The molecule has 1 aliphatic rings. The first-order valence-electron chi connectivity index (χ1n) is 11.5. The smallest absolute Gasteiger partial charge is 0.270 e. The summed E-state index contributed by atoms with van der Waals surface area (Å²) >= 11 is 0. The van der Waals surface area contributed by atoms with Crippen molar-refractivity contribution in [3.63, 3.8) is 0 Å². The van der Waals surface area contributed by atoms with Crippen molar-refractivity contribution in [1.29, 1.82) is 0 Å². The normalized spacial score (nSPS) is 17.7. The summed E-state index contributed by atoms with van der Waals surface area (Å²) in [6, 6.07) is 4.89. The first kappa shape index (κ1) is 23.6. The minimum Gasteiger partial charge on any atom is -0.497 e. The summed E-state index contributed by atoms with van der Waals surface area (Å²) in [6.07, 6.45) is 6.89. The van der Waals surface area contributed by atoms with Crippen molar-refractivity contribution >= 4 is 22.6 Å². The number of ether oxygens (including phenoxy) is 1. The van der Waals surface area contributed by atoms with E-state index < -0.39 is 17.5 Å². The van der Waals surface area contributed by atoms with Gasteiger partial charge in [-0.1, -0.05) is 0 Å². The van der Waals surface area contributed by atoms with Crippen LogP contribution in [-0.4, -0.2) is 45.0 Å². The number of nitrogens with zero attached hydrogens (tertiary/aromatic N) is 3. The Labute approximate surface area is 204 Å². The van der Waals surface area contributed by atoms with E-state index in [4.69, 9.17) is 4.74 Å². The van der Waals surface area contributed by atoms with E-state index in [9.17, 15) is 18.0 Å². The van der Waals surface area contributed by atoms with E-state index in [-0.39, 0.29) is 46.2 Å². The van der Waals surface area contributed by atoms with Crippen LogP contribution >= 0.6 is 0 Å². The fourth-order valence-electron chi connectivity index (χ4n) is 4.50. The molecule has 0 bridgehead atoms. The predicted molar refractivity (Wildman–Crippen MR) is 127 cm³/mol. The van der Waals surface area contributed by atoms with Crippen LogP contribution in [0, 0.1) is 17.5 Å². The number of pyridine rings is 1. The summed E-state index contributed by atoms with van der Waals surface area (Å²) in [5.74, 6) is -1.79. The molecular formula is C25H23F3N6O2. The Hall–Kier alpha value is -4.15. The Bertz CT molecular complexity index is 1430. The molecule has 1 aliphatic carbocycles. The molecule has 0 radical (unpaired) electrons. The first-order valence-corrected chi connectivity index (χ1v) is 11.5. The van der Waals surface area contributed by atoms with Crippen LogP contribution in [0.5, 0.6) is 5.75 Å². The number of anilines is 1. The van der Waals surface area contributed by atoms with Gasteiger partial charge in [0.05, 0.1) is 18.8 Å². The van der Waals surface area contributed by atoms with Crippen LogP contribution in [0.2, 0.25) is 0 Å². The molecule has 1 saturated carbocycles. The maximum Gasteiger partial charge on any atom is 0.270 e. The van der Waals surface area contributed by atoms with E-state index in [0.717, 1.165) is 31.5 Å². The summed E-state index contributed by atoms with van der Waals surface area (Å²) in [4.78, 5) is 27.8. The molecule has 2 atom stereocenters. The second kappa shape index (κ2) is 9.84. The van der Waals surface area contributed by atoms with Crippen molar-refractivity contribution in [3.05, 3.63) is 66.0 Å². The zero-order chi connectivity index (χ0) is 25.2. The maximum atomic E-state index is 14.6. The maximum absolute atomic E-state index is 14.6. The lowest BCUT2D eigenvalue weighted by Crippen LogP contribution is -2.42. The fourth-order valence-corrected chi connectivity index (χ4v) is 4.50. The zero-order valence-electron chi connectivity index (χ0n) is 19.3. The van der Waals surface area contributed by atoms with Gasteiger partial charge in [0, 0.05) is 47.6 Å². The standard InChI is InChI=1S/C25H23F3N6O2/c1-36-16-5-6-29-21(10-16)25(35)33-15-4-2-3-14(9-15)32-24-20(28)12-31-23(34-24)18-11-30-22-17(18)7-13(26)8-19(22)27/h5-8,10-12,14-15,30H,2-4,9H2,1H3,(H,33,35)(H,31,32,34)/t14-,15+/m0/s1. The Morgan fingerprint density at radius 2 is 1.94 bits per heavy atom. The highest BCUT2D eigenvalue weighted by atomic mass is 19.1. The molecule has 0 unspecified atom stereocenters. The largest absolute Gasteiger partial charge is 0.497 e.